The third kappa shape index (κ3) is 5.82. The Bertz CT molecular complexity index is 790. The van der Waals surface area contributed by atoms with Crippen LogP contribution in [-0.4, -0.2) is 29.9 Å². The maximum atomic E-state index is 11.4. The van der Waals surface area contributed by atoms with E-state index in [-0.39, 0.29) is 11.8 Å². The number of carbonyl (C=O) groups excluding carboxylic acids is 1. The molecule has 0 saturated carbocycles. The number of likely N-dealkylation sites (tertiary alicyclic amines) is 1. The van der Waals surface area contributed by atoms with Crippen LogP contribution in [0.1, 0.15) is 24.0 Å². The third-order valence-corrected chi connectivity index (χ3v) is 4.78. The Kier molecular flexibility index (Phi) is 6.44. The molecule has 1 amide bonds. The van der Waals surface area contributed by atoms with E-state index in [1.54, 1.807) is 0 Å². The lowest BCUT2D eigenvalue weighted by atomic mass is 9.97. The Balaban J connectivity index is 1.57. The highest BCUT2D eigenvalue weighted by atomic mass is 16.1. The van der Waals surface area contributed by atoms with Crippen LogP contribution in [-0.2, 0) is 17.9 Å². The van der Waals surface area contributed by atoms with Crippen LogP contribution >= 0.6 is 0 Å². The number of guanidine groups is 1. The zero-order chi connectivity index (χ0) is 19.1. The first-order valence-electron chi connectivity index (χ1n) is 9.31. The summed E-state index contributed by atoms with van der Waals surface area (Å²) in [5, 5.41) is 3.08. The van der Waals surface area contributed by atoms with Crippen molar-refractivity contribution in [2.24, 2.45) is 22.4 Å². The zero-order valence-electron chi connectivity index (χ0n) is 15.5. The second-order valence-electron chi connectivity index (χ2n) is 6.99. The predicted molar refractivity (Wildman–Crippen MR) is 109 cm³/mol. The molecule has 3 rings (SSSR count). The summed E-state index contributed by atoms with van der Waals surface area (Å²) in [5.74, 6) is 0.173. The maximum Gasteiger partial charge on any atom is 0.221 e. The van der Waals surface area contributed by atoms with Gasteiger partial charge in [-0.05, 0) is 42.6 Å². The summed E-state index contributed by atoms with van der Waals surface area (Å²) in [6.07, 6.45) is 1.91. The van der Waals surface area contributed by atoms with E-state index < -0.39 is 0 Å². The van der Waals surface area contributed by atoms with Crippen LogP contribution in [0.2, 0.25) is 0 Å². The molecule has 6 nitrogen and oxygen atoms in total. The lowest BCUT2D eigenvalue weighted by molar-refractivity contribution is -0.123. The number of hydrogen-bond donors (Lipinski definition) is 3. The van der Waals surface area contributed by atoms with Crippen LogP contribution < -0.4 is 16.8 Å². The van der Waals surface area contributed by atoms with E-state index in [1.807, 2.05) is 42.5 Å². The fourth-order valence-electron chi connectivity index (χ4n) is 3.40. The molecule has 1 atom stereocenters. The predicted octanol–water partition coefficient (Wildman–Crippen LogP) is 2.31. The fourth-order valence-corrected chi connectivity index (χ4v) is 3.40. The third-order valence-electron chi connectivity index (χ3n) is 4.78. The van der Waals surface area contributed by atoms with Crippen molar-refractivity contribution >= 4 is 17.6 Å². The lowest BCUT2D eigenvalue weighted by Gasteiger charge is -2.31. The summed E-state index contributed by atoms with van der Waals surface area (Å²) in [4.78, 5) is 18.2. The summed E-state index contributed by atoms with van der Waals surface area (Å²) < 4.78 is 0. The number of benzene rings is 2. The van der Waals surface area contributed by atoms with Crippen molar-refractivity contribution in [2.75, 3.05) is 18.4 Å². The molecule has 1 heterocycles. The van der Waals surface area contributed by atoms with Gasteiger partial charge in [0.2, 0.25) is 5.91 Å². The minimum Gasteiger partial charge on any atom is -0.370 e. The Morgan fingerprint density at radius 1 is 1.11 bits per heavy atom. The number of nitrogens with zero attached hydrogens (tertiary/aromatic N) is 2. The van der Waals surface area contributed by atoms with Crippen molar-refractivity contribution < 1.29 is 4.79 Å². The van der Waals surface area contributed by atoms with Crippen molar-refractivity contribution in [2.45, 2.75) is 25.9 Å². The van der Waals surface area contributed by atoms with Gasteiger partial charge < -0.3 is 16.8 Å². The molecule has 27 heavy (non-hydrogen) atoms. The number of rotatable bonds is 6. The van der Waals surface area contributed by atoms with Crippen LogP contribution in [0.5, 0.6) is 0 Å². The summed E-state index contributed by atoms with van der Waals surface area (Å²) in [7, 11) is 0. The molecule has 1 unspecified atom stereocenters. The highest BCUT2D eigenvalue weighted by molar-refractivity contribution is 5.92. The van der Waals surface area contributed by atoms with Gasteiger partial charge in [0.25, 0.3) is 0 Å². The first-order chi connectivity index (χ1) is 13.1. The van der Waals surface area contributed by atoms with Crippen molar-refractivity contribution in [3.8, 4) is 0 Å². The molecular weight excluding hydrogens is 338 g/mol. The number of amides is 1. The number of piperidine rings is 1. The number of nitrogens with two attached hydrogens (primary N) is 2. The van der Waals surface area contributed by atoms with Crippen molar-refractivity contribution in [1.29, 1.82) is 0 Å². The molecule has 1 fully saturated rings. The highest BCUT2D eigenvalue weighted by Crippen LogP contribution is 2.19. The van der Waals surface area contributed by atoms with Gasteiger partial charge >= 0.3 is 0 Å². The topological polar surface area (TPSA) is 96.7 Å². The van der Waals surface area contributed by atoms with E-state index in [0.29, 0.717) is 12.5 Å². The minimum atomic E-state index is -0.191. The van der Waals surface area contributed by atoms with Crippen molar-refractivity contribution in [3.05, 3.63) is 65.7 Å². The Hall–Kier alpha value is -2.86. The van der Waals surface area contributed by atoms with Crippen molar-refractivity contribution in [1.82, 2.24) is 4.90 Å². The molecule has 0 spiro atoms. The molecule has 0 aliphatic carbocycles. The zero-order valence-corrected chi connectivity index (χ0v) is 15.5. The second-order valence-corrected chi connectivity index (χ2v) is 6.99. The molecule has 0 radical (unpaired) electrons. The van der Waals surface area contributed by atoms with Gasteiger partial charge in [-0.25, -0.2) is 4.99 Å². The first-order valence-corrected chi connectivity index (χ1v) is 9.31. The molecule has 1 aliphatic heterocycles. The first kappa shape index (κ1) is 18.9. The van der Waals surface area contributed by atoms with E-state index >= 15 is 0 Å². The van der Waals surface area contributed by atoms with E-state index in [1.165, 1.54) is 5.56 Å². The van der Waals surface area contributed by atoms with E-state index in [9.17, 15) is 4.79 Å². The number of carbonyl (C=O) groups is 1. The average Bonchev–Trinajstić information content (AvgIpc) is 2.68. The number of primary amides is 1. The standard InChI is InChI=1S/C21H27N5O/c22-20(27)18-8-5-11-26(15-18)14-17-7-4-6-16(12-17)13-24-21(23)25-19-9-2-1-3-10-19/h1-4,6-7,9-10,12,18H,5,8,11,13-15H2,(H2,22,27)(H3,23,24,25). The van der Waals surface area contributed by atoms with Crippen molar-refractivity contribution in [3.63, 3.8) is 0 Å². The molecule has 5 N–H and O–H groups in total. The van der Waals surface area contributed by atoms with E-state index in [0.717, 1.165) is 43.7 Å². The van der Waals surface area contributed by atoms with Gasteiger partial charge in [-0.3, -0.25) is 9.69 Å². The van der Waals surface area contributed by atoms with Gasteiger partial charge in [-0.2, -0.15) is 0 Å². The number of aliphatic imine (C=N–C) groups is 1. The average molecular weight is 365 g/mol. The summed E-state index contributed by atoms with van der Waals surface area (Å²) >= 11 is 0. The molecule has 142 valence electrons. The fraction of sp³-hybridized carbons (Fsp3) is 0.333. The van der Waals surface area contributed by atoms with E-state index in [4.69, 9.17) is 11.5 Å². The van der Waals surface area contributed by atoms with Crippen LogP contribution in [0.15, 0.2) is 59.6 Å². The van der Waals surface area contributed by atoms with Gasteiger partial charge in [-0.15, -0.1) is 0 Å². The van der Waals surface area contributed by atoms with Gasteiger partial charge in [0, 0.05) is 18.8 Å². The normalized spacial score (nSPS) is 18.2. The molecule has 6 heteroatoms. The molecular formula is C21H27N5O. The smallest absolute Gasteiger partial charge is 0.221 e. The summed E-state index contributed by atoms with van der Waals surface area (Å²) in [5.41, 5.74) is 14.7. The maximum absolute atomic E-state index is 11.4. The van der Waals surface area contributed by atoms with E-state index in [2.05, 4.69) is 27.3 Å². The Morgan fingerprint density at radius 2 is 1.89 bits per heavy atom. The van der Waals surface area contributed by atoms with Crippen LogP contribution in [0.25, 0.3) is 0 Å². The van der Waals surface area contributed by atoms with Gasteiger partial charge in [0.15, 0.2) is 5.96 Å². The number of para-hydroxylation sites is 1. The second kappa shape index (κ2) is 9.19. The monoisotopic (exact) mass is 365 g/mol. The quantitative estimate of drug-likeness (QED) is 0.540. The largest absolute Gasteiger partial charge is 0.370 e. The van der Waals surface area contributed by atoms with Gasteiger partial charge in [0.05, 0.1) is 12.5 Å². The molecule has 2 aromatic rings. The minimum absolute atomic E-state index is 0.0320. The summed E-state index contributed by atoms with van der Waals surface area (Å²) in [6, 6.07) is 18.1. The Labute approximate surface area is 160 Å². The highest BCUT2D eigenvalue weighted by Gasteiger charge is 2.23. The lowest BCUT2D eigenvalue weighted by Crippen LogP contribution is -2.40. The number of hydrogen-bond acceptors (Lipinski definition) is 3. The summed E-state index contributed by atoms with van der Waals surface area (Å²) in [6.45, 7) is 3.08. The van der Waals surface area contributed by atoms with Gasteiger partial charge in [-0.1, -0.05) is 42.5 Å². The Morgan fingerprint density at radius 3 is 2.67 bits per heavy atom. The molecule has 0 aromatic heterocycles. The number of nitrogens with one attached hydrogen (secondary N) is 1. The molecule has 1 aliphatic rings. The molecule has 1 saturated heterocycles. The SMILES string of the molecule is NC(=O)C1CCCN(Cc2cccc(CN=C(N)Nc3ccccc3)c2)C1. The molecule has 0 bridgehead atoms. The van der Waals surface area contributed by atoms with Gasteiger partial charge in [0.1, 0.15) is 0 Å². The van der Waals surface area contributed by atoms with Crippen LogP contribution in [0, 0.1) is 5.92 Å². The van der Waals surface area contributed by atoms with Crippen LogP contribution in [0.3, 0.4) is 0 Å². The molecule has 2 aromatic carbocycles. The van der Waals surface area contributed by atoms with Crippen LogP contribution in [0.4, 0.5) is 5.69 Å². The number of anilines is 1.